The number of carbonyl (C=O) groups is 1. The molecule has 2 heterocycles. The molecule has 1 aliphatic heterocycles. The minimum absolute atomic E-state index is 0.0404. The Hall–Kier alpha value is -2.22. The van der Waals surface area contributed by atoms with Crippen molar-refractivity contribution in [3.63, 3.8) is 0 Å². The van der Waals surface area contributed by atoms with E-state index in [1.165, 1.54) is 12.4 Å². The average Bonchev–Trinajstić information content (AvgIpc) is 2.56. The molecule has 1 aliphatic rings. The van der Waals surface area contributed by atoms with Gasteiger partial charge < -0.3 is 15.8 Å². The third kappa shape index (κ3) is 3.46. The van der Waals surface area contributed by atoms with E-state index in [1.54, 1.807) is 11.0 Å². The first kappa shape index (κ1) is 15.2. The molecule has 1 fully saturated rings. The van der Waals surface area contributed by atoms with Gasteiger partial charge in [-0.25, -0.2) is 0 Å². The quantitative estimate of drug-likeness (QED) is 0.343. The van der Waals surface area contributed by atoms with Gasteiger partial charge in [0.1, 0.15) is 0 Å². The van der Waals surface area contributed by atoms with E-state index < -0.39 is 0 Å². The van der Waals surface area contributed by atoms with E-state index >= 15 is 0 Å². The fraction of sp³-hybridized carbons (Fsp3) is 0.538. The minimum Gasteiger partial charge on any atom is -0.409 e. The Morgan fingerprint density at radius 1 is 1.43 bits per heavy atom. The third-order valence-electron chi connectivity index (χ3n) is 3.72. The van der Waals surface area contributed by atoms with Crippen LogP contribution in [0.4, 0.5) is 0 Å². The van der Waals surface area contributed by atoms with E-state index in [1.807, 2.05) is 6.92 Å². The smallest absolute Gasteiger partial charge is 0.255 e. The molecule has 0 aliphatic carbocycles. The lowest BCUT2D eigenvalue weighted by molar-refractivity contribution is 0.0608. The summed E-state index contributed by atoms with van der Waals surface area (Å²) >= 11 is 0. The molecule has 1 saturated heterocycles. The van der Waals surface area contributed by atoms with Gasteiger partial charge in [-0.1, -0.05) is 12.1 Å². The summed E-state index contributed by atoms with van der Waals surface area (Å²) in [4.78, 5) is 16.2. The number of piperazine rings is 1. The number of aromatic nitrogens is 2. The zero-order chi connectivity index (χ0) is 15.2. The Morgan fingerprint density at radius 2 is 2.14 bits per heavy atom. The first-order valence-corrected chi connectivity index (χ1v) is 6.94. The predicted molar refractivity (Wildman–Crippen MR) is 77.0 cm³/mol. The van der Waals surface area contributed by atoms with Gasteiger partial charge in [-0.05, 0) is 12.5 Å². The van der Waals surface area contributed by atoms with Crippen molar-refractivity contribution in [2.24, 2.45) is 10.9 Å². The second-order valence-electron chi connectivity index (χ2n) is 4.91. The molecule has 2 rings (SSSR count). The fourth-order valence-corrected chi connectivity index (χ4v) is 2.56. The van der Waals surface area contributed by atoms with Crippen LogP contribution in [0.3, 0.4) is 0 Å². The molecule has 1 amide bonds. The Labute approximate surface area is 123 Å². The second-order valence-corrected chi connectivity index (χ2v) is 4.91. The zero-order valence-corrected chi connectivity index (χ0v) is 12.0. The zero-order valence-electron chi connectivity index (χ0n) is 12.0. The molecule has 0 saturated carbocycles. The number of hydrogen-bond donors (Lipinski definition) is 2. The van der Waals surface area contributed by atoms with E-state index in [0.29, 0.717) is 31.7 Å². The van der Waals surface area contributed by atoms with Crippen LogP contribution in [0.5, 0.6) is 0 Å². The summed E-state index contributed by atoms with van der Waals surface area (Å²) in [6, 6.07) is 1.57. The summed E-state index contributed by atoms with van der Waals surface area (Å²) in [5, 5.41) is 19.3. The van der Waals surface area contributed by atoms with Crippen LogP contribution in [0.25, 0.3) is 0 Å². The van der Waals surface area contributed by atoms with E-state index in [4.69, 9.17) is 10.9 Å². The van der Waals surface area contributed by atoms with E-state index in [-0.39, 0.29) is 17.8 Å². The molecule has 1 aromatic heterocycles. The van der Waals surface area contributed by atoms with Crippen molar-refractivity contribution < 1.29 is 10.0 Å². The largest absolute Gasteiger partial charge is 0.409 e. The van der Waals surface area contributed by atoms with Gasteiger partial charge in [0.15, 0.2) is 5.84 Å². The summed E-state index contributed by atoms with van der Waals surface area (Å²) in [6.45, 7) is 4.59. The first-order chi connectivity index (χ1) is 10.2. The molecule has 0 radical (unpaired) electrons. The molecule has 0 aromatic carbocycles. The Balaban J connectivity index is 1.96. The SMILES string of the molecule is CCC(/C(N)=N/O)N1CCN(C(=O)c2ccnnc2)CC1. The number of carbonyl (C=O) groups excluding carboxylic acids is 1. The van der Waals surface area contributed by atoms with E-state index in [0.717, 1.165) is 6.42 Å². The molecule has 1 atom stereocenters. The molecular weight excluding hydrogens is 272 g/mol. The van der Waals surface area contributed by atoms with Crippen molar-refractivity contribution in [3.8, 4) is 0 Å². The number of rotatable bonds is 4. The predicted octanol–water partition coefficient (Wildman–Crippen LogP) is -0.241. The van der Waals surface area contributed by atoms with Crippen molar-refractivity contribution >= 4 is 11.7 Å². The Morgan fingerprint density at radius 3 is 2.67 bits per heavy atom. The monoisotopic (exact) mass is 292 g/mol. The topological polar surface area (TPSA) is 108 Å². The Bertz CT molecular complexity index is 499. The number of amides is 1. The van der Waals surface area contributed by atoms with Gasteiger partial charge in [-0.3, -0.25) is 9.69 Å². The van der Waals surface area contributed by atoms with Crippen molar-refractivity contribution in [3.05, 3.63) is 24.0 Å². The lowest BCUT2D eigenvalue weighted by atomic mass is 10.1. The van der Waals surface area contributed by atoms with Crippen LogP contribution >= 0.6 is 0 Å². The normalized spacial score (nSPS) is 18.5. The van der Waals surface area contributed by atoms with E-state index in [9.17, 15) is 4.79 Å². The number of nitrogens with two attached hydrogens (primary N) is 1. The highest BCUT2D eigenvalue weighted by atomic mass is 16.4. The van der Waals surface area contributed by atoms with Crippen LogP contribution in [0.15, 0.2) is 23.6 Å². The molecule has 21 heavy (non-hydrogen) atoms. The van der Waals surface area contributed by atoms with Crippen LogP contribution < -0.4 is 5.73 Å². The van der Waals surface area contributed by atoms with Gasteiger partial charge in [-0.2, -0.15) is 10.2 Å². The van der Waals surface area contributed by atoms with E-state index in [2.05, 4.69) is 20.3 Å². The third-order valence-corrected chi connectivity index (χ3v) is 3.72. The van der Waals surface area contributed by atoms with Crippen LogP contribution in [-0.2, 0) is 0 Å². The lowest BCUT2D eigenvalue weighted by Gasteiger charge is -2.38. The summed E-state index contributed by atoms with van der Waals surface area (Å²) in [7, 11) is 0. The fourth-order valence-electron chi connectivity index (χ4n) is 2.56. The average molecular weight is 292 g/mol. The van der Waals surface area contributed by atoms with Crippen molar-refractivity contribution in [1.82, 2.24) is 20.0 Å². The summed E-state index contributed by atoms with van der Waals surface area (Å²) in [6.07, 6.45) is 3.74. The van der Waals surface area contributed by atoms with Crippen molar-refractivity contribution in [2.75, 3.05) is 26.2 Å². The maximum Gasteiger partial charge on any atom is 0.255 e. The first-order valence-electron chi connectivity index (χ1n) is 6.94. The van der Waals surface area contributed by atoms with Gasteiger partial charge in [0.25, 0.3) is 5.91 Å². The van der Waals surface area contributed by atoms with Gasteiger partial charge in [0.2, 0.25) is 0 Å². The lowest BCUT2D eigenvalue weighted by Crippen LogP contribution is -2.55. The summed E-state index contributed by atoms with van der Waals surface area (Å²) in [5.74, 6) is 0.178. The summed E-state index contributed by atoms with van der Waals surface area (Å²) in [5.41, 5.74) is 6.25. The highest BCUT2D eigenvalue weighted by Crippen LogP contribution is 2.12. The van der Waals surface area contributed by atoms with Gasteiger partial charge in [0, 0.05) is 26.2 Å². The molecule has 8 nitrogen and oxygen atoms in total. The molecule has 0 spiro atoms. The summed E-state index contributed by atoms with van der Waals surface area (Å²) < 4.78 is 0. The Kier molecular flexibility index (Phi) is 5.04. The number of oxime groups is 1. The van der Waals surface area contributed by atoms with Gasteiger partial charge in [0.05, 0.1) is 24.0 Å². The number of amidine groups is 1. The molecular formula is C13H20N6O2. The molecule has 1 aromatic rings. The minimum atomic E-state index is -0.0881. The molecule has 3 N–H and O–H groups in total. The van der Waals surface area contributed by atoms with Crippen molar-refractivity contribution in [2.45, 2.75) is 19.4 Å². The number of nitrogens with zero attached hydrogens (tertiary/aromatic N) is 5. The van der Waals surface area contributed by atoms with Crippen LogP contribution in [0.1, 0.15) is 23.7 Å². The highest BCUT2D eigenvalue weighted by molar-refractivity contribution is 5.93. The van der Waals surface area contributed by atoms with Gasteiger partial charge >= 0.3 is 0 Å². The molecule has 8 heteroatoms. The maximum absolute atomic E-state index is 12.3. The number of hydrogen-bond acceptors (Lipinski definition) is 6. The molecule has 1 unspecified atom stereocenters. The molecule has 0 bridgehead atoms. The second kappa shape index (κ2) is 6.98. The maximum atomic E-state index is 12.3. The highest BCUT2D eigenvalue weighted by Gasteiger charge is 2.27. The van der Waals surface area contributed by atoms with Crippen LogP contribution in [0.2, 0.25) is 0 Å². The van der Waals surface area contributed by atoms with Gasteiger partial charge in [-0.15, -0.1) is 0 Å². The molecule has 114 valence electrons. The standard InChI is InChI=1S/C13H20N6O2/c1-2-11(12(14)17-21)18-5-7-19(8-6-18)13(20)10-3-4-15-16-9-10/h3-4,9,11,21H,2,5-8H2,1H3,(H2,14,17). The van der Waals surface area contributed by atoms with Crippen LogP contribution in [0, 0.1) is 0 Å². The van der Waals surface area contributed by atoms with Crippen molar-refractivity contribution in [1.29, 1.82) is 0 Å². The van der Waals surface area contributed by atoms with Crippen LogP contribution in [-0.4, -0.2) is 69.2 Å².